The normalized spacial score (nSPS) is 17.9. The first kappa shape index (κ1) is 17.8. The summed E-state index contributed by atoms with van der Waals surface area (Å²) >= 11 is 0. The molecule has 4 rings (SSSR count). The van der Waals surface area contributed by atoms with Crippen LogP contribution < -0.4 is 10.5 Å². The van der Waals surface area contributed by atoms with Gasteiger partial charge in [-0.3, -0.25) is 9.59 Å². The molecular formula is C21H24N2O4. The number of ether oxygens (including phenoxy) is 1. The number of benzene rings is 1. The molecule has 2 aliphatic rings. The molecule has 6 heteroatoms. The molecule has 0 unspecified atom stereocenters. The molecule has 0 atom stereocenters. The summed E-state index contributed by atoms with van der Waals surface area (Å²) in [5, 5.41) is 9.52. The minimum atomic E-state index is -0.289. The molecule has 6 nitrogen and oxygen atoms in total. The summed E-state index contributed by atoms with van der Waals surface area (Å²) in [7, 11) is 0. The Morgan fingerprint density at radius 3 is 2.70 bits per heavy atom. The number of carbonyl (C=O) groups excluding carboxylic acids is 1. The lowest BCUT2D eigenvalue weighted by molar-refractivity contribution is -0.119. The van der Waals surface area contributed by atoms with E-state index in [0.717, 1.165) is 31.7 Å². The molecule has 0 bridgehead atoms. The largest absolute Gasteiger partial charge is 0.508 e. The number of anilines is 1. The van der Waals surface area contributed by atoms with Crippen LogP contribution in [0, 0.1) is 6.92 Å². The number of para-hydroxylation sites is 1. The Hall–Kier alpha value is -2.60. The van der Waals surface area contributed by atoms with E-state index in [1.54, 1.807) is 6.92 Å². The molecule has 2 aliphatic heterocycles. The molecule has 1 aromatic heterocycles. The van der Waals surface area contributed by atoms with Crippen LogP contribution in [0.2, 0.25) is 0 Å². The topological polar surface area (TPSA) is 71.8 Å². The van der Waals surface area contributed by atoms with Crippen molar-refractivity contribution in [1.82, 2.24) is 4.57 Å². The Balaban J connectivity index is 1.55. The monoisotopic (exact) mass is 368 g/mol. The fourth-order valence-corrected chi connectivity index (χ4v) is 4.38. The number of fused-ring (bicyclic) bond motifs is 2. The molecule has 1 aromatic carbocycles. The van der Waals surface area contributed by atoms with Gasteiger partial charge in [0.05, 0.1) is 0 Å². The van der Waals surface area contributed by atoms with Crippen LogP contribution in [0.1, 0.15) is 30.5 Å². The van der Waals surface area contributed by atoms with Gasteiger partial charge in [0.25, 0.3) is 5.56 Å². The average Bonchev–Trinajstić information content (AvgIpc) is 2.96. The number of pyridine rings is 1. The van der Waals surface area contributed by atoms with Gasteiger partial charge in [0.2, 0.25) is 5.91 Å². The van der Waals surface area contributed by atoms with Crippen LogP contribution in [0.25, 0.3) is 0 Å². The third-order valence-electron chi connectivity index (χ3n) is 5.85. The van der Waals surface area contributed by atoms with Gasteiger partial charge in [-0.05, 0) is 37.5 Å². The summed E-state index contributed by atoms with van der Waals surface area (Å²) in [5.74, 6) is -0.0276. The number of aromatic nitrogens is 1. The van der Waals surface area contributed by atoms with E-state index >= 15 is 0 Å². The van der Waals surface area contributed by atoms with Crippen LogP contribution >= 0.6 is 0 Å². The fourth-order valence-electron chi connectivity index (χ4n) is 4.38. The number of rotatable bonds is 3. The zero-order valence-corrected chi connectivity index (χ0v) is 15.5. The van der Waals surface area contributed by atoms with Crippen LogP contribution in [-0.2, 0) is 21.5 Å². The van der Waals surface area contributed by atoms with E-state index in [4.69, 9.17) is 4.74 Å². The lowest BCUT2D eigenvalue weighted by Crippen LogP contribution is -2.41. The predicted molar refractivity (Wildman–Crippen MR) is 102 cm³/mol. The summed E-state index contributed by atoms with van der Waals surface area (Å²) in [5.41, 5.74) is 2.56. The van der Waals surface area contributed by atoms with Crippen LogP contribution in [0.5, 0.6) is 5.75 Å². The Morgan fingerprint density at radius 1 is 1.22 bits per heavy atom. The Labute approximate surface area is 158 Å². The van der Waals surface area contributed by atoms with E-state index in [1.165, 1.54) is 22.3 Å². The smallest absolute Gasteiger partial charge is 0.254 e. The molecule has 1 N–H and O–H groups in total. The first-order chi connectivity index (χ1) is 13.0. The van der Waals surface area contributed by atoms with E-state index in [-0.39, 0.29) is 29.1 Å². The van der Waals surface area contributed by atoms with Crippen molar-refractivity contribution < 1.29 is 14.6 Å². The third kappa shape index (κ3) is 3.14. The van der Waals surface area contributed by atoms with Crippen molar-refractivity contribution in [3.63, 3.8) is 0 Å². The quantitative estimate of drug-likeness (QED) is 0.903. The molecule has 1 saturated heterocycles. The van der Waals surface area contributed by atoms with Crippen molar-refractivity contribution in [3.8, 4) is 5.75 Å². The molecule has 142 valence electrons. The van der Waals surface area contributed by atoms with E-state index in [1.807, 2.05) is 23.1 Å². The zero-order valence-electron chi connectivity index (χ0n) is 15.5. The summed E-state index contributed by atoms with van der Waals surface area (Å²) < 4.78 is 7.08. The minimum Gasteiger partial charge on any atom is -0.508 e. The first-order valence-corrected chi connectivity index (χ1v) is 9.38. The van der Waals surface area contributed by atoms with Crippen LogP contribution in [0.15, 0.2) is 41.2 Å². The standard InChI is InChI=1S/C21H24N2O4/c1-15-12-16(24)13-20(26)22(15)9-6-19(25)23-14-21(7-10-27-11-8-21)17-4-2-3-5-18(17)23/h2-5,12-13,24H,6-11,14H2,1H3. The maximum atomic E-state index is 13.0. The number of hydrogen-bond acceptors (Lipinski definition) is 4. The second-order valence-electron chi connectivity index (χ2n) is 7.48. The predicted octanol–water partition coefficient (Wildman–Crippen LogP) is 2.35. The fraction of sp³-hybridized carbons (Fsp3) is 0.429. The van der Waals surface area contributed by atoms with Crippen LogP contribution in [-0.4, -0.2) is 35.3 Å². The highest BCUT2D eigenvalue weighted by Gasteiger charge is 2.45. The van der Waals surface area contributed by atoms with Gasteiger partial charge < -0.3 is 19.3 Å². The molecule has 0 radical (unpaired) electrons. The Bertz CT molecular complexity index is 928. The van der Waals surface area contributed by atoms with Gasteiger partial charge in [0.15, 0.2) is 0 Å². The maximum Gasteiger partial charge on any atom is 0.254 e. The number of nitrogens with zero attached hydrogens (tertiary/aromatic N) is 2. The number of aryl methyl sites for hydroxylation is 1. The van der Waals surface area contributed by atoms with Crippen LogP contribution in [0.3, 0.4) is 0 Å². The van der Waals surface area contributed by atoms with E-state index in [2.05, 4.69) is 6.07 Å². The second-order valence-corrected chi connectivity index (χ2v) is 7.48. The summed E-state index contributed by atoms with van der Waals surface area (Å²) in [6.07, 6.45) is 2.08. The van der Waals surface area contributed by atoms with Gasteiger partial charge >= 0.3 is 0 Å². The number of aromatic hydroxyl groups is 1. The third-order valence-corrected chi connectivity index (χ3v) is 5.85. The lowest BCUT2D eigenvalue weighted by Gasteiger charge is -2.34. The van der Waals surface area contributed by atoms with Gasteiger partial charge in [0, 0.05) is 55.6 Å². The Morgan fingerprint density at radius 2 is 1.96 bits per heavy atom. The summed E-state index contributed by atoms with van der Waals surface area (Å²) in [6, 6.07) is 10.8. The highest BCUT2D eigenvalue weighted by Crippen LogP contribution is 2.46. The Kier molecular flexibility index (Phi) is 4.52. The summed E-state index contributed by atoms with van der Waals surface area (Å²) in [4.78, 5) is 27.0. The average molecular weight is 368 g/mol. The zero-order chi connectivity index (χ0) is 19.0. The van der Waals surface area contributed by atoms with Crippen molar-refractivity contribution in [1.29, 1.82) is 0 Å². The van der Waals surface area contributed by atoms with Gasteiger partial charge in [-0.1, -0.05) is 18.2 Å². The highest BCUT2D eigenvalue weighted by atomic mass is 16.5. The van der Waals surface area contributed by atoms with Crippen molar-refractivity contribution in [2.75, 3.05) is 24.7 Å². The van der Waals surface area contributed by atoms with Crippen LogP contribution in [0.4, 0.5) is 5.69 Å². The van der Waals surface area contributed by atoms with Gasteiger partial charge in [-0.25, -0.2) is 0 Å². The van der Waals surface area contributed by atoms with E-state index in [0.29, 0.717) is 18.8 Å². The second kappa shape index (κ2) is 6.85. The summed E-state index contributed by atoms with van der Waals surface area (Å²) in [6.45, 7) is 4.18. The lowest BCUT2D eigenvalue weighted by atomic mass is 9.76. The minimum absolute atomic E-state index is 0.0181. The molecule has 2 aromatic rings. The van der Waals surface area contributed by atoms with Crippen molar-refractivity contribution >= 4 is 11.6 Å². The molecule has 27 heavy (non-hydrogen) atoms. The first-order valence-electron chi connectivity index (χ1n) is 9.38. The van der Waals surface area contributed by atoms with Crippen molar-refractivity contribution in [2.45, 2.75) is 38.1 Å². The number of hydrogen-bond donors (Lipinski definition) is 1. The van der Waals surface area contributed by atoms with Gasteiger partial charge in [-0.15, -0.1) is 0 Å². The van der Waals surface area contributed by atoms with Gasteiger partial charge in [0.1, 0.15) is 5.75 Å². The van der Waals surface area contributed by atoms with E-state index in [9.17, 15) is 14.7 Å². The van der Waals surface area contributed by atoms with E-state index < -0.39 is 0 Å². The molecule has 1 amide bonds. The van der Waals surface area contributed by atoms with Crippen molar-refractivity contribution in [2.24, 2.45) is 0 Å². The molecule has 0 saturated carbocycles. The number of carbonyl (C=O) groups is 1. The molecule has 0 aliphatic carbocycles. The molecule has 1 fully saturated rings. The SMILES string of the molecule is Cc1cc(O)cc(=O)n1CCC(=O)N1CC2(CCOCC2)c2ccccc21. The number of amides is 1. The molecule has 3 heterocycles. The molecule has 1 spiro atoms. The maximum absolute atomic E-state index is 13.0. The highest BCUT2D eigenvalue weighted by molar-refractivity contribution is 5.96. The van der Waals surface area contributed by atoms with Crippen molar-refractivity contribution in [3.05, 3.63) is 58.0 Å². The van der Waals surface area contributed by atoms with Gasteiger partial charge in [-0.2, -0.15) is 0 Å². The molecular weight excluding hydrogens is 344 g/mol.